The SMILES string of the molecule is CC1CCCCN1Cc1cccc(-c2nc3ccccc3c(=O)[nH]2)c1. The largest absolute Gasteiger partial charge is 0.306 e. The molecule has 4 heteroatoms. The van der Waals surface area contributed by atoms with Gasteiger partial charge in [0.1, 0.15) is 5.82 Å². The Labute approximate surface area is 147 Å². The number of hydrogen-bond donors (Lipinski definition) is 1. The normalized spacial score (nSPS) is 18.5. The van der Waals surface area contributed by atoms with Crippen molar-refractivity contribution in [1.82, 2.24) is 14.9 Å². The molecule has 1 aliphatic rings. The van der Waals surface area contributed by atoms with E-state index < -0.39 is 0 Å². The highest BCUT2D eigenvalue weighted by Gasteiger charge is 2.18. The van der Waals surface area contributed by atoms with E-state index in [-0.39, 0.29) is 5.56 Å². The van der Waals surface area contributed by atoms with Gasteiger partial charge < -0.3 is 4.98 Å². The van der Waals surface area contributed by atoms with Gasteiger partial charge in [-0.1, -0.05) is 36.8 Å². The summed E-state index contributed by atoms with van der Waals surface area (Å²) in [6.07, 6.45) is 3.89. The quantitative estimate of drug-likeness (QED) is 0.789. The summed E-state index contributed by atoms with van der Waals surface area (Å²) in [6.45, 7) is 4.43. The number of nitrogens with zero attached hydrogens (tertiary/aromatic N) is 2. The van der Waals surface area contributed by atoms with Gasteiger partial charge in [-0.2, -0.15) is 0 Å². The molecule has 128 valence electrons. The predicted octanol–water partition coefficient (Wildman–Crippen LogP) is 3.96. The van der Waals surface area contributed by atoms with E-state index in [1.165, 1.54) is 24.8 Å². The van der Waals surface area contributed by atoms with E-state index in [0.29, 0.717) is 17.3 Å². The molecule has 2 heterocycles. The van der Waals surface area contributed by atoms with Crippen molar-refractivity contribution in [3.8, 4) is 11.4 Å². The number of nitrogens with one attached hydrogen (secondary N) is 1. The number of piperidine rings is 1. The Bertz CT molecular complexity index is 947. The molecule has 2 aromatic carbocycles. The molecule has 1 unspecified atom stereocenters. The Morgan fingerprint density at radius 3 is 2.92 bits per heavy atom. The third-order valence-corrected chi connectivity index (χ3v) is 5.14. The van der Waals surface area contributed by atoms with E-state index in [1.54, 1.807) is 6.07 Å². The number of aromatic nitrogens is 2. The molecule has 1 aromatic heterocycles. The number of para-hydroxylation sites is 1. The fourth-order valence-corrected chi connectivity index (χ4v) is 3.67. The number of likely N-dealkylation sites (tertiary alicyclic amines) is 1. The number of benzene rings is 2. The summed E-state index contributed by atoms with van der Waals surface area (Å²) in [4.78, 5) is 22.4. The molecule has 0 spiro atoms. The van der Waals surface area contributed by atoms with E-state index >= 15 is 0 Å². The van der Waals surface area contributed by atoms with Gasteiger partial charge >= 0.3 is 0 Å². The lowest BCUT2D eigenvalue weighted by Gasteiger charge is -2.33. The third kappa shape index (κ3) is 3.35. The lowest BCUT2D eigenvalue weighted by atomic mass is 10.0. The molecular formula is C21H23N3O. The molecule has 1 aliphatic heterocycles. The Morgan fingerprint density at radius 1 is 1.16 bits per heavy atom. The summed E-state index contributed by atoms with van der Waals surface area (Å²) in [5.41, 5.74) is 2.87. The Hall–Kier alpha value is -2.46. The van der Waals surface area contributed by atoms with Gasteiger partial charge in [0, 0.05) is 18.2 Å². The number of H-pyrrole nitrogens is 1. The fourth-order valence-electron chi connectivity index (χ4n) is 3.67. The minimum absolute atomic E-state index is 0.0874. The smallest absolute Gasteiger partial charge is 0.259 e. The van der Waals surface area contributed by atoms with E-state index in [0.717, 1.165) is 24.2 Å². The zero-order chi connectivity index (χ0) is 17.2. The monoisotopic (exact) mass is 333 g/mol. The van der Waals surface area contributed by atoms with Gasteiger partial charge in [0.15, 0.2) is 0 Å². The molecular weight excluding hydrogens is 310 g/mol. The third-order valence-electron chi connectivity index (χ3n) is 5.14. The molecule has 4 rings (SSSR count). The summed E-state index contributed by atoms with van der Waals surface area (Å²) in [5.74, 6) is 0.636. The maximum absolute atomic E-state index is 12.3. The van der Waals surface area contributed by atoms with Crippen molar-refractivity contribution in [2.75, 3.05) is 6.54 Å². The summed E-state index contributed by atoms with van der Waals surface area (Å²) in [5, 5.41) is 0.629. The first-order chi connectivity index (χ1) is 12.2. The van der Waals surface area contributed by atoms with Crippen LogP contribution in [0.25, 0.3) is 22.3 Å². The maximum atomic E-state index is 12.3. The first-order valence-electron chi connectivity index (χ1n) is 9.03. The van der Waals surface area contributed by atoms with Crippen molar-refractivity contribution in [3.63, 3.8) is 0 Å². The van der Waals surface area contributed by atoms with Crippen molar-refractivity contribution >= 4 is 10.9 Å². The number of rotatable bonds is 3. The van der Waals surface area contributed by atoms with Crippen LogP contribution in [0.4, 0.5) is 0 Å². The van der Waals surface area contributed by atoms with Crippen LogP contribution in [-0.4, -0.2) is 27.5 Å². The summed E-state index contributed by atoms with van der Waals surface area (Å²) < 4.78 is 0. The van der Waals surface area contributed by atoms with Crippen LogP contribution in [0, 0.1) is 0 Å². The van der Waals surface area contributed by atoms with Gasteiger partial charge in [0.2, 0.25) is 0 Å². The summed E-state index contributed by atoms with van der Waals surface area (Å²) >= 11 is 0. The highest BCUT2D eigenvalue weighted by Crippen LogP contribution is 2.22. The maximum Gasteiger partial charge on any atom is 0.259 e. The molecule has 0 bridgehead atoms. The van der Waals surface area contributed by atoms with Crippen molar-refractivity contribution < 1.29 is 0 Å². The van der Waals surface area contributed by atoms with Gasteiger partial charge in [0.05, 0.1) is 10.9 Å². The molecule has 4 nitrogen and oxygen atoms in total. The lowest BCUT2D eigenvalue weighted by molar-refractivity contribution is 0.152. The summed E-state index contributed by atoms with van der Waals surface area (Å²) in [7, 11) is 0. The van der Waals surface area contributed by atoms with Gasteiger partial charge in [-0.3, -0.25) is 9.69 Å². The molecule has 1 atom stereocenters. The topological polar surface area (TPSA) is 49.0 Å². The second-order valence-electron chi connectivity index (χ2n) is 6.95. The van der Waals surface area contributed by atoms with Gasteiger partial charge in [-0.15, -0.1) is 0 Å². The number of fused-ring (bicyclic) bond motifs is 1. The zero-order valence-electron chi connectivity index (χ0n) is 14.5. The van der Waals surface area contributed by atoms with Crippen LogP contribution in [0.15, 0.2) is 53.3 Å². The first kappa shape index (κ1) is 16.0. The first-order valence-corrected chi connectivity index (χ1v) is 9.03. The number of aromatic amines is 1. The lowest BCUT2D eigenvalue weighted by Crippen LogP contribution is -2.36. The molecule has 1 saturated heterocycles. The Balaban J connectivity index is 1.66. The van der Waals surface area contributed by atoms with Crippen molar-refractivity contribution in [1.29, 1.82) is 0 Å². The molecule has 0 radical (unpaired) electrons. The minimum Gasteiger partial charge on any atom is -0.306 e. The molecule has 0 saturated carbocycles. The second-order valence-corrected chi connectivity index (χ2v) is 6.95. The number of hydrogen-bond acceptors (Lipinski definition) is 3. The Morgan fingerprint density at radius 2 is 2.04 bits per heavy atom. The second kappa shape index (κ2) is 6.81. The van der Waals surface area contributed by atoms with Crippen molar-refractivity contribution in [3.05, 3.63) is 64.4 Å². The Kier molecular flexibility index (Phi) is 4.36. The average Bonchev–Trinajstić information content (AvgIpc) is 2.64. The van der Waals surface area contributed by atoms with Crippen LogP contribution in [-0.2, 0) is 6.54 Å². The van der Waals surface area contributed by atoms with Gasteiger partial charge in [0.25, 0.3) is 5.56 Å². The van der Waals surface area contributed by atoms with E-state index in [1.807, 2.05) is 24.3 Å². The van der Waals surface area contributed by atoms with E-state index in [4.69, 9.17) is 0 Å². The van der Waals surface area contributed by atoms with Crippen LogP contribution < -0.4 is 5.56 Å². The molecule has 1 N–H and O–H groups in total. The van der Waals surface area contributed by atoms with Crippen LogP contribution in [0.3, 0.4) is 0 Å². The molecule has 0 amide bonds. The zero-order valence-corrected chi connectivity index (χ0v) is 14.5. The highest BCUT2D eigenvalue weighted by molar-refractivity contribution is 5.79. The summed E-state index contributed by atoms with van der Waals surface area (Å²) in [6, 6.07) is 16.5. The predicted molar refractivity (Wildman–Crippen MR) is 102 cm³/mol. The van der Waals surface area contributed by atoms with Crippen LogP contribution in [0.2, 0.25) is 0 Å². The average molecular weight is 333 g/mol. The standard InChI is InChI=1S/C21H23N3O/c1-15-7-4-5-12-24(15)14-16-8-6-9-17(13-16)20-22-19-11-3-2-10-18(19)21(25)23-20/h2-3,6,8-11,13,15H,4-5,7,12,14H2,1H3,(H,22,23,25). The van der Waals surface area contributed by atoms with E-state index in [2.05, 4.69) is 40.0 Å². The minimum atomic E-state index is -0.0874. The van der Waals surface area contributed by atoms with E-state index in [9.17, 15) is 4.79 Å². The molecule has 3 aromatic rings. The van der Waals surface area contributed by atoms with Crippen molar-refractivity contribution in [2.45, 2.75) is 38.8 Å². The highest BCUT2D eigenvalue weighted by atomic mass is 16.1. The molecule has 0 aliphatic carbocycles. The fraction of sp³-hybridized carbons (Fsp3) is 0.333. The van der Waals surface area contributed by atoms with Crippen LogP contribution in [0.1, 0.15) is 31.7 Å². The molecule has 25 heavy (non-hydrogen) atoms. The van der Waals surface area contributed by atoms with Crippen LogP contribution >= 0.6 is 0 Å². The van der Waals surface area contributed by atoms with Crippen molar-refractivity contribution in [2.24, 2.45) is 0 Å². The van der Waals surface area contributed by atoms with Gasteiger partial charge in [-0.25, -0.2) is 4.98 Å². The van der Waals surface area contributed by atoms with Gasteiger partial charge in [-0.05, 0) is 50.1 Å². The molecule has 1 fully saturated rings. The van der Waals surface area contributed by atoms with Crippen LogP contribution in [0.5, 0.6) is 0 Å².